The molecule has 2 fully saturated rings. The maximum atomic E-state index is 10.6. The third-order valence-corrected chi connectivity index (χ3v) is 8.73. The Labute approximate surface area is 242 Å². The minimum atomic E-state index is -0.256. The van der Waals surface area contributed by atoms with Gasteiger partial charge in [0.1, 0.15) is 11.5 Å². The molecule has 0 bridgehead atoms. The molecule has 2 N–H and O–H groups in total. The zero-order valence-corrected chi connectivity index (χ0v) is 24.0. The lowest BCUT2D eigenvalue weighted by atomic mass is 10.00. The summed E-state index contributed by atoms with van der Waals surface area (Å²) >= 11 is 1.80. The van der Waals surface area contributed by atoms with Crippen molar-refractivity contribution >= 4 is 11.9 Å². The van der Waals surface area contributed by atoms with E-state index in [9.17, 15) is 10.2 Å². The second-order valence-corrected chi connectivity index (χ2v) is 11.9. The van der Waals surface area contributed by atoms with E-state index < -0.39 is 0 Å². The molecule has 0 amide bonds. The minimum Gasteiger partial charge on any atom is -0.508 e. The molecule has 214 valence electrons. The molecule has 5 rings (SSSR count). The quantitative estimate of drug-likeness (QED) is 0.231. The molecule has 2 heterocycles. The van der Waals surface area contributed by atoms with E-state index in [1.54, 1.807) is 24.1 Å². The third-order valence-electron chi connectivity index (χ3n) is 7.56. The Kier molecular flexibility index (Phi) is 10.8. The van der Waals surface area contributed by atoms with Crippen LogP contribution in [0.25, 0.3) is 0 Å². The number of phenols is 2. The van der Waals surface area contributed by atoms with Crippen LogP contribution in [0.15, 0.2) is 66.7 Å². The third kappa shape index (κ3) is 8.72. The van der Waals surface area contributed by atoms with E-state index in [2.05, 4.69) is 22.5 Å². The second-order valence-electron chi connectivity index (χ2n) is 10.8. The summed E-state index contributed by atoms with van der Waals surface area (Å²) in [7, 11) is 0. The average molecular weight is 564 g/mol. The molecular formula is C33H41NO5S. The van der Waals surface area contributed by atoms with Crippen LogP contribution in [0.1, 0.15) is 66.3 Å². The molecule has 0 aromatic heterocycles. The second kappa shape index (κ2) is 14.9. The first-order valence-electron chi connectivity index (χ1n) is 14.5. The molecule has 0 aliphatic carbocycles. The van der Waals surface area contributed by atoms with Crippen LogP contribution in [-0.4, -0.2) is 46.6 Å². The number of hydrogen-bond donors (Lipinski definition) is 2. The fourth-order valence-corrected chi connectivity index (χ4v) is 6.36. The molecule has 3 aromatic carbocycles. The van der Waals surface area contributed by atoms with Crippen molar-refractivity contribution in [3.8, 4) is 11.5 Å². The SMILES string of the molecule is Oc1ccc(Cc2cc(COC3CCCC(COCc4ccccc4)O3)ccc2O)cc1CSN1CCCCC1. The molecule has 7 heteroatoms. The van der Waals surface area contributed by atoms with Crippen molar-refractivity contribution in [2.24, 2.45) is 0 Å². The van der Waals surface area contributed by atoms with E-state index in [1.807, 2.05) is 36.4 Å². The fraction of sp³-hybridized carbons (Fsp3) is 0.455. The van der Waals surface area contributed by atoms with Gasteiger partial charge in [0.25, 0.3) is 0 Å². The predicted octanol–water partition coefficient (Wildman–Crippen LogP) is 6.95. The van der Waals surface area contributed by atoms with E-state index in [4.69, 9.17) is 14.2 Å². The van der Waals surface area contributed by atoms with Crippen LogP contribution >= 0.6 is 11.9 Å². The van der Waals surface area contributed by atoms with Crippen LogP contribution in [0.2, 0.25) is 0 Å². The van der Waals surface area contributed by atoms with Gasteiger partial charge in [-0.3, -0.25) is 4.31 Å². The summed E-state index contributed by atoms with van der Waals surface area (Å²) < 4.78 is 20.6. The van der Waals surface area contributed by atoms with Gasteiger partial charge in [0.2, 0.25) is 0 Å². The van der Waals surface area contributed by atoms with Crippen molar-refractivity contribution in [2.45, 2.75) is 76.3 Å². The molecule has 2 aliphatic heterocycles. The molecular weight excluding hydrogens is 522 g/mol. The summed E-state index contributed by atoms with van der Waals surface area (Å²) in [5.41, 5.74) is 5.00. The van der Waals surface area contributed by atoms with Crippen molar-refractivity contribution in [1.29, 1.82) is 0 Å². The average Bonchev–Trinajstić information content (AvgIpc) is 2.99. The summed E-state index contributed by atoms with van der Waals surface area (Å²) in [6.07, 6.45) is 7.05. The zero-order chi connectivity index (χ0) is 27.6. The Morgan fingerprint density at radius 2 is 1.52 bits per heavy atom. The van der Waals surface area contributed by atoms with Gasteiger partial charge >= 0.3 is 0 Å². The lowest BCUT2D eigenvalue weighted by Gasteiger charge is -2.30. The number of hydrogen-bond acceptors (Lipinski definition) is 7. The number of rotatable bonds is 12. The highest BCUT2D eigenvalue weighted by atomic mass is 32.2. The maximum Gasteiger partial charge on any atom is 0.158 e. The normalized spacial score (nSPS) is 20.0. The highest BCUT2D eigenvalue weighted by molar-refractivity contribution is 7.96. The van der Waals surface area contributed by atoms with Gasteiger partial charge in [-0.05, 0) is 72.6 Å². The number of nitrogens with zero attached hydrogens (tertiary/aromatic N) is 1. The summed E-state index contributed by atoms with van der Waals surface area (Å²) in [6.45, 7) is 3.79. The number of phenolic OH excluding ortho intramolecular Hbond substituents is 2. The molecule has 0 saturated carbocycles. The molecule has 2 atom stereocenters. The van der Waals surface area contributed by atoms with Crippen molar-refractivity contribution < 1.29 is 24.4 Å². The molecule has 2 unspecified atom stereocenters. The van der Waals surface area contributed by atoms with E-state index >= 15 is 0 Å². The molecule has 6 nitrogen and oxygen atoms in total. The first-order valence-corrected chi connectivity index (χ1v) is 15.4. The largest absolute Gasteiger partial charge is 0.508 e. The van der Waals surface area contributed by atoms with Gasteiger partial charge in [0.15, 0.2) is 6.29 Å². The highest BCUT2D eigenvalue weighted by Gasteiger charge is 2.23. The van der Waals surface area contributed by atoms with E-state index in [0.717, 1.165) is 65.9 Å². The number of piperidine rings is 1. The summed E-state index contributed by atoms with van der Waals surface area (Å²) in [5.74, 6) is 1.35. The molecule has 0 radical (unpaired) electrons. The molecule has 2 aliphatic rings. The van der Waals surface area contributed by atoms with Crippen LogP contribution in [0.3, 0.4) is 0 Å². The van der Waals surface area contributed by atoms with Crippen LogP contribution in [0.4, 0.5) is 0 Å². The molecule has 0 spiro atoms. The van der Waals surface area contributed by atoms with Gasteiger partial charge in [0.05, 0.1) is 25.9 Å². The predicted molar refractivity (Wildman–Crippen MR) is 159 cm³/mol. The smallest absolute Gasteiger partial charge is 0.158 e. The summed E-state index contributed by atoms with van der Waals surface area (Å²) in [4.78, 5) is 0. The molecule has 2 saturated heterocycles. The monoisotopic (exact) mass is 563 g/mol. The topological polar surface area (TPSA) is 71.4 Å². The lowest BCUT2D eigenvalue weighted by Crippen LogP contribution is -2.32. The van der Waals surface area contributed by atoms with Crippen LogP contribution < -0.4 is 0 Å². The van der Waals surface area contributed by atoms with Crippen LogP contribution in [0.5, 0.6) is 11.5 Å². The van der Waals surface area contributed by atoms with E-state index in [0.29, 0.717) is 32.0 Å². The first kappa shape index (κ1) is 29.0. The van der Waals surface area contributed by atoms with Crippen LogP contribution in [0, 0.1) is 0 Å². The van der Waals surface area contributed by atoms with Crippen molar-refractivity contribution in [3.63, 3.8) is 0 Å². The Morgan fingerprint density at radius 1 is 0.775 bits per heavy atom. The maximum absolute atomic E-state index is 10.6. The van der Waals surface area contributed by atoms with Gasteiger partial charge in [-0.2, -0.15) is 0 Å². The lowest BCUT2D eigenvalue weighted by molar-refractivity contribution is -0.210. The Hall–Kier alpha value is -2.55. The van der Waals surface area contributed by atoms with Gasteiger partial charge in [-0.25, -0.2) is 0 Å². The van der Waals surface area contributed by atoms with Gasteiger partial charge in [0, 0.05) is 30.8 Å². The van der Waals surface area contributed by atoms with Crippen molar-refractivity contribution in [2.75, 3.05) is 19.7 Å². The molecule has 40 heavy (non-hydrogen) atoms. The Bertz CT molecular complexity index is 1200. The standard InChI is InChI=1S/C33H41NO5S/c35-31-15-13-27(22-38-33-11-7-10-30(39-33)23-37-21-25-8-3-1-4-9-25)20-28(31)18-26-12-14-32(36)29(19-26)24-40-34-16-5-2-6-17-34/h1,3-4,8-9,12-15,19-20,30,33,35-36H,2,5-7,10-11,16-18,21-24H2. The number of aromatic hydroxyl groups is 2. The van der Waals surface area contributed by atoms with E-state index in [-0.39, 0.29) is 18.1 Å². The first-order chi connectivity index (χ1) is 19.6. The Morgan fingerprint density at radius 3 is 2.35 bits per heavy atom. The molecule has 3 aromatic rings. The highest BCUT2D eigenvalue weighted by Crippen LogP contribution is 2.30. The van der Waals surface area contributed by atoms with Gasteiger partial charge in [-0.15, -0.1) is 0 Å². The zero-order valence-electron chi connectivity index (χ0n) is 23.2. The van der Waals surface area contributed by atoms with Crippen molar-refractivity contribution in [1.82, 2.24) is 4.31 Å². The summed E-state index contributed by atoms with van der Waals surface area (Å²) in [6, 6.07) is 21.6. The van der Waals surface area contributed by atoms with Gasteiger partial charge < -0.3 is 24.4 Å². The number of benzene rings is 3. The minimum absolute atomic E-state index is 0.0367. The van der Waals surface area contributed by atoms with Crippen molar-refractivity contribution in [3.05, 3.63) is 94.5 Å². The van der Waals surface area contributed by atoms with E-state index in [1.165, 1.54) is 19.3 Å². The van der Waals surface area contributed by atoms with Crippen LogP contribution in [-0.2, 0) is 39.6 Å². The number of ether oxygens (including phenoxy) is 3. The Balaban J connectivity index is 1.11. The summed E-state index contributed by atoms with van der Waals surface area (Å²) in [5, 5.41) is 21.0. The van der Waals surface area contributed by atoms with Gasteiger partial charge in [-0.1, -0.05) is 66.9 Å². The fourth-order valence-electron chi connectivity index (χ4n) is 5.29.